The molecule has 3 aromatic rings. The van der Waals surface area contributed by atoms with Crippen LogP contribution in [0.3, 0.4) is 0 Å². The summed E-state index contributed by atoms with van der Waals surface area (Å²) in [4.78, 5) is 16.7. The van der Waals surface area contributed by atoms with Gasteiger partial charge in [-0.2, -0.15) is 5.10 Å². The lowest BCUT2D eigenvalue weighted by atomic mass is 10.2. The molecule has 1 aromatic carbocycles. The number of benzene rings is 1. The van der Waals surface area contributed by atoms with Crippen molar-refractivity contribution in [3.8, 4) is 5.75 Å². The summed E-state index contributed by atoms with van der Waals surface area (Å²) in [5.41, 5.74) is 3.59. The molecule has 3 rings (SSSR count). The maximum Gasteiger partial charge on any atom is 0.249 e. The van der Waals surface area contributed by atoms with Gasteiger partial charge in [0.25, 0.3) is 0 Å². The lowest BCUT2D eigenvalue weighted by Gasteiger charge is -2.08. The fourth-order valence-corrected chi connectivity index (χ4v) is 3.24. The molecule has 0 saturated carbocycles. The summed E-state index contributed by atoms with van der Waals surface area (Å²) in [7, 11) is 1.81. The first-order valence-corrected chi connectivity index (χ1v) is 9.44. The molecule has 0 aliphatic carbocycles. The molecule has 0 aliphatic rings. The van der Waals surface area contributed by atoms with Crippen LogP contribution in [-0.4, -0.2) is 20.7 Å². The van der Waals surface area contributed by atoms with Crippen LogP contribution in [0.5, 0.6) is 5.75 Å². The van der Waals surface area contributed by atoms with Crippen molar-refractivity contribution >= 4 is 29.1 Å². The quantitative estimate of drug-likeness (QED) is 0.654. The normalized spacial score (nSPS) is 11.1. The molecule has 27 heavy (non-hydrogen) atoms. The van der Waals surface area contributed by atoms with Crippen molar-refractivity contribution in [1.29, 1.82) is 0 Å². The van der Waals surface area contributed by atoms with Gasteiger partial charge in [-0.25, -0.2) is 4.98 Å². The summed E-state index contributed by atoms with van der Waals surface area (Å²) in [6.45, 7) is 6.22. The molecule has 1 amide bonds. The first kappa shape index (κ1) is 18.8. The van der Waals surface area contributed by atoms with Gasteiger partial charge in [-0.05, 0) is 32.9 Å². The Bertz CT molecular complexity index is 988. The third-order valence-electron chi connectivity index (χ3n) is 4.14. The van der Waals surface area contributed by atoms with Crippen LogP contribution in [-0.2, 0) is 18.4 Å². The Morgan fingerprint density at radius 3 is 2.74 bits per heavy atom. The molecule has 0 unspecified atom stereocenters. The van der Waals surface area contributed by atoms with E-state index in [1.807, 2.05) is 57.5 Å². The van der Waals surface area contributed by atoms with Gasteiger partial charge in [0.15, 0.2) is 0 Å². The summed E-state index contributed by atoms with van der Waals surface area (Å²) in [6.07, 6.45) is 3.24. The molecule has 140 valence electrons. The number of rotatable bonds is 6. The molecular weight excluding hydrogens is 360 g/mol. The fourth-order valence-electron chi connectivity index (χ4n) is 2.64. The first-order chi connectivity index (χ1) is 12.9. The van der Waals surface area contributed by atoms with Crippen LogP contribution >= 0.6 is 11.3 Å². The second-order valence-electron chi connectivity index (χ2n) is 6.19. The van der Waals surface area contributed by atoms with E-state index >= 15 is 0 Å². The third kappa shape index (κ3) is 4.62. The van der Waals surface area contributed by atoms with Crippen molar-refractivity contribution in [2.45, 2.75) is 27.4 Å². The largest absolute Gasteiger partial charge is 0.487 e. The van der Waals surface area contributed by atoms with Crippen molar-refractivity contribution in [2.24, 2.45) is 7.05 Å². The van der Waals surface area contributed by atoms with Crippen molar-refractivity contribution in [2.75, 3.05) is 5.32 Å². The number of carbonyl (C=O) groups is 1. The van der Waals surface area contributed by atoms with Crippen LogP contribution in [0.1, 0.15) is 27.5 Å². The number of anilines is 1. The monoisotopic (exact) mass is 382 g/mol. The molecule has 0 atom stereocenters. The Morgan fingerprint density at radius 1 is 1.30 bits per heavy atom. The molecule has 0 aliphatic heterocycles. The molecule has 0 saturated heterocycles. The highest BCUT2D eigenvalue weighted by atomic mass is 32.1. The summed E-state index contributed by atoms with van der Waals surface area (Å²) in [6, 6.07) is 7.60. The zero-order chi connectivity index (χ0) is 19.4. The van der Waals surface area contributed by atoms with Gasteiger partial charge < -0.3 is 10.1 Å². The second-order valence-corrected chi connectivity index (χ2v) is 7.25. The van der Waals surface area contributed by atoms with Gasteiger partial charge in [-0.1, -0.05) is 18.2 Å². The molecule has 0 spiro atoms. The molecule has 0 radical (unpaired) electrons. The first-order valence-electron chi connectivity index (χ1n) is 8.56. The predicted molar refractivity (Wildman–Crippen MR) is 108 cm³/mol. The van der Waals surface area contributed by atoms with Gasteiger partial charge in [0.05, 0.1) is 16.4 Å². The molecule has 1 N–H and O–H groups in total. The smallest absolute Gasteiger partial charge is 0.249 e. The van der Waals surface area contributed by atoms with Crippen LogP contribution < -0.4 is 10.1 Å². The molecule has 2 aromatic heterocycles. The van der Waals surface area contributed by atoms with Crippen molar-refractivity contribution < 1.29 is 9.53 Å². The van der Waals surface area contributed by atoms with Gasteiger partial charge in [0, 0.05) is 29.6 Å². The number of carbonyl (C=O) groups excluding carboxylic acids is 1. The van der Waals surface area contributed by atoms with Crippen LogP contribution in [0.25, 0.3) is 6.08 Å². The predicted octanol–water partition coefficient (Wildman–Crippen LogP) is 4.03. The van der Waals surface area contributed by atoms with Gasteiger partial charge in [0.2, 0.25) is 5.91 Å². The number of nitrogens with one attached hydrogen (secondary N) is 1. The standard InChI is InChI=1S/C20H22N4O2S/c1-13-14(2)23-24(4)20(13)22-19(25)10-9-16-7-5-6-8-18(16)26-11-17-12-27-15(3)21-17/h5-10,12H,11H2,1-4H3,(H,22,25). The van der Waals surface area contributed by atoms with E-state index in [4.69, 9.17) is 4.74 Å². The number of amides is 1. The highest BCUT2D eigenvalue weighted by molar-refractivity contribution is 7.09. The van der Waals surface area contributed by atoms with E-state index < -0.39 is 0 Å². The molecule has 0 bridgehead atoms. The second kappa shape index (κ2) is 8.18. The van der Waals surface area contributed by atoms with E-state index in [1.165, 1.54) is 6.08 Å². The summed E-state index contributed by atoms with van der Waals surface area (Å²) >= 11 is 1.60. The van der Waals surface area contributed by atoms with Crippen LogP contribution in [0.15, 0.2) is 35.7 Å². The average Bonchev–Trinajstić information content (AvgIpc) is 3.17. The van der Waals surface area contributed by atoms with Gasteiger partial charge in [0.1, 0.15) is 18.2 Å². The molecular formula is C20H22N4O2S. The van der Waals surface area contributed by atoms with E-state index in [-0.39, 0.29) is 5.91 Å². The molecule has 2 heterocycles. The van der Waals surface area contributed by atoms with Crippen LogP contribution in [0, 0.1) is 20.8 Å². The van der Waals surface area contributed by atoms with Crippen LogP contribution in [0.4, 0.5) is 5.82 Å². The number of aryl methyl sites for hydroxylation is 3. The number of nitrogens with zero attached hydrogens (tertiary/aromatic N) is 3. The lowest BCUT2D eigenvalue weighted by molar-refractivity contribution is -0.111. The maximum absolute atomic E-state index is 12.3. The van der Waals surface area contributed by atoms with E-state index in [2.05, 4.69) is 15.4 Å². The highest BCUT2D eigenvalue weighted by Crippen LogP contribution is 2.22. The molecule has 7 heteroatoms. The maximum atomic E-state index is 12.3. The Labute approximate surface area is 162 Å². The Kier molecular flexibility index (Phi) is 5.71. The highest BCUT2D eigenvalue weighted by Gasteiger charge is 2.10. The molecule has 0 fully saturated rings. The Hall–Kier alpha value is -2.93. The minimum atomic E-state index is -0.217. The number of hydrogen-bond donors (Lipinski definition) is 1. The van der Waals surface area contributed by atoms with Crippen molar-refractivity contribution in [3.05, 3.63) is 63.2 Å². The van der Waals surface area contributed by atoms with Gasteiger partial charge in [-0.3, -0.25) is 9.48 Å². The molecule has 6 nitrogen and oxygen atoms in total. The minimum Gasteiger partial charge on any atom is -0.487 e. The summed E-state index contributed by atoms with van der Waals surface area (Å²) in [5.74, 6) is 1.19. The number of aromatic nitrogens is 3. The number of para-hydroxylation sites is 1. The van der Waals surface area contributed by atoms with E-state index in [1.54, 1.807) is 22.1 Å². The van der Waals surface area contributed by atoms with E-state index in [9.17, 15) is 4.79 Å². The van der Waals surface area contributed by atoms with Crippen LogP contribution in [0.2, 0.25) is 0 Å². The number of ether oxygens (including phenoxy) is 1. The third-order valence-corrected chi connectivity index (χ3v) is 4.96. The Morgan fingerprint density at radius 2 is 2.07 bits per heavy atom. The van der Waals surface area contributed by atoms with E-state index in [0.717, 1.165) is 27.5 Å². The SMILES string of the molecule is Cc1nc(COc2ccccc2C=CC(=O)Nc2c(C)c(C)nn2C)cs1. The van der Waals surface area contributed by atoms with Gasteiger partial charge in [-0.15, -0.1) is 11.3 Å². The zero-order valence-corrected chi connectivity index (χ0v) is 16.6. The van der Waals surface area contributed by atoms with Gasteiger partial charge >= 0.3 is 0 Å². The minimum absolute atomic E-state index is 0.217. The summed E-state index contributed by atoms with van der Waals surface area (Å²) in [5, 5.41) is 10.2. The lowest BCUT2D eigenvalue weighted by Crippen LogP contribution is -2.12. The zero-order valence-electron chi connectivity index (χ0n) is 15.8. The van der Waals surface area contributed by atoms with Crippen molar-refractivity contribution in [1.82, 2.24) is 14.8 Å². The Balaban J connectivity index is 1.68. The van der Waals surface area contributed by atoms with Crippen molar-refractivity contribution in [3.63, 3.8) is 0 Å². The van der Waals surface area contributed by atoms with E-state index in [0.29, 0.717) is 18.2 Å². The topological polar surface area (TPSA) is 69.0 Å². The average molecular weight is 382 g/mol. The fraction of sp³-hybridized carbons (Fsp3) is 0.250. The summed E-state index contributed by atoms with van der Waals surface area (Å²) < 4.78 is 7.55. The number of thiazole rings is 1. The number of hydrogen-bond acceptors (Lipinski definition) is 5.